The van der Waals surface area contributed by atoms with Crippen molar-refractivity contribution in [1.82, 2.24) is 9.66 Å². The minimum absolute atomic E-state index is 0.461. The molecular formula is C9H9BrN4. The molecule has 0 amide bonds. The molecule has 1 heterocycles. The molecule has 0 radical (unpaired) electrons. The van der Waals surface area contributed by atoms with Crippen molar-refractivity contribution in [2.24, 2.45) is 0 Å². The van der Waals surface area contributed by atoms with Gasteiger partial charge in [-0.3, -0.25) is 0 Å². The Hall–Kier alpha value is -1.49. The van der Waals surface area contributed by atoms with Gasteiger partial charge in [-0.15, -0.1) is 0 Å². The summed E-state index contributed by atoms with van der Waals surface area (Å²) in [6, 6.07) is 7.75. The fourth-order valence-corrected chi connectivity index (χ4v) is 1.63. The SMILES string of the molecule is Nc1c(-c2cccc(Br)c2)ncn1N. The number of anilines is 1. The van der Waals surface area contributed by atoms with Crippen LogP contribution < -0.4 is 11.6 Å². The highest BCUT2D eigenvalue weighted by Crippen LogP contribution is 2.25. The van der Waals surface area contributed by atoms with Crippen LogP contribution in [0.1, 0.15) is 0 Å². The van der Waals surface area contributed by atoms with Gasteiger partial charge < -0.3 is 11.6 Å². The van der Waals surface area contributed by atoms with E-state index in [0.717, 1.165) is 10.0 Å². The Bertz CT molecular complexity index is 464. The third kappa shape index (κ3) is 1.46. The molecule has 0 unspecified atom stereocenters. The summed E-state index contributed by atoms with van der Waals surface area (Å²) in [5, 5.41) is 0. The number of nitrogens with zero attached hydrogens (tertiary/aromatic N) is 2. The van der Waals surface area contributed by atoms with Crippen LogP contribution in [0.5, 0.6) is 0 Å². The second-order valence-corrected chi connectivity index (χ2v) is 3.81. The molecule has 1 aromatic carbocycles. The highest BCUT2D eigenvalue weighted by atomic mass is 79.9. The standard InChI is InChI=1S/C9H9BrN4/c10-7-3-1-2-6(4-7)8-9(11)14(12)5-13-8/h1-5H,11-12H2. The molecule has 0 saturated carbocycles. The predicted octanol–water partition coefficient (Wildman–Crippen LogP) is 1.61. The van der Waals surface area contributed by atoms with Crippen molar-refractivity contribution in [3.8, 4) is 11.3 Å². The van der Waals surface area contributed by atoms with Crippen molar-refractivity contribution in [3.63, 3.8) is 0 Å². The van der Waals surface area contributed by atoms with Gasteiger partial charge in [0.05, 0.1) is 0 Å². The first-order chi connectivity index (χ1) is 6.68. The highest BCUT2D eigenvalue weighted by Gasteiger charge is 2.07. The molecule has 5 heteroatoms. The monoisotopic (exact) mass is 252 g/mol. The van der Waals surface area contributed by atoms with E-state index in [1.165, 1.54) is 11.0 Å². The van der Waals surface area contributed by atoms with Crippen LogP contribution in [0.25, 0.3) is 11.3 Å². The van der Waals surface area contributed by atoms with Gasteiger partial charge in [0.2, 0.25) is 0 Å². The second-order valence-electron chi connectivity index (χ2n) is 2.90. The zero-order valence-corrected chi connectivity index (χ0v) is 8.90. The van der Waals surface area contributed by atoms with Crippen LogP contribution in [0.2, 0.25) is 0 Å². The Morgan fingerprint density at radius 1 is 1.36 bits per heavy atom. The van der Waals surface area contributed by atoms with Crippen molar-refractivity contribution < 1.29 is 0 Å². The summed E-state index contributed by atoms with van der Waals surface area (Å²) >= 11 is 3.38. The molecule has 0 aliphatic carbocycles. The van der Waals surface area contributed by atoms with E-state index in [4.69, 9.17) is 11.6 Å². The fraction of sp³-hybridized carbons (Fsp3) is 0. The maximum atomic E-state index is 5.74. The summed E-state index contributed by atoms with van der Waals surface area (Å²) in [5.41, 5.74) is 7.39. The molecular weight excluding hydrogens is 244 g/mol. The number of benzene rings is 1. The average Bonchev–Trinajstić information content (AvgIpc) is 2.48. The molecule has 0 spiro atoms. The first-order valence-corrected chi connectivity index (χ1v) is 4.81. The lowest BCUT2D eigenvalue weighted by Gasteiger charge is -2.00. The molecule has 0 saturated heterocycles. The van der Waals surface area contributed by atoms with Gasteiger partial charge in [0.1, 0.15) is 17.8 Å². The van der Waals surface area contributed by atoms with Gasteiger partial charge in [0.25, 0.3) is 0 Å². The maximum absolute atomic E-state index is 5.74. The number of halogens is 1. The van der Waals surface area contributed by atoms with Gasteiger partial charge in [-0.25, -0.2) is 9.66 Å². The number of hydrogen-bond acceptors (Lipinski definition) is 3. The van der Waals surface area contributed by atoms with Crippen LogP contribution in [0.15, 0.2) is 35.1 Å². The molecule has 0 bridgehead atoms. The summed E-state index contributed by atoms with van der Waals surface area (Å²) in [6.45, 7) is 0. The van der Waals surface area contributed by atoms with Crippen molar-refractivity contribution in [2.75, 3.05) is 11.6 Å². The smallest absolute Gasteiger partial charge is 0.150 e. The number of rotatable bonds is 1. The van der Waals surface area contributed by atoms with Crippen LogP contribution in [0, 0.1) is 0 Å². The zero-order valence-electron chi connectivity index (χ0n) is 7.31. The van der Waals surface area contributed by atoms with Gasteiger partial charge in [-0.1, -0.05) is 28.1 Å². The van der Waals surface area contributed by atoms with Crippen LogP contribution in [-0.4, -0.2) is 9.66 Å². The number of hydrogen-bond donors (Lipinski definition) is 2. The van der Waals surface area contributed by atoms with E-state index < -0.39 is 0 Å². The van der Waals surface area contributed by atoms with E-state index in [0.29, 0.717) is 11.5 Å². The number of aromatic nitrogens is 2. The Morgan fingerprint density at radius 2 is 2.14 bits per heavy atom. The molecule has 72 valence electrons. The Labute approximate surface area is 89.6 Å². The van der Waals surface area contributed by atoms with Crippen molar-refractivity contribution in [2.45, 2.75) is 0 Å². The third-order valence-electron chi connectivity index (χ3n) is 1.93. The number of imidazole rings is 1. The predicted molar refractivity (Wildman–Crippen MR) is 59.9 cm³/mol. The molecule has 0 aliphatic rings. The fourth-order valence-electron chi connectivity index (χ4n) is 1.23. The van der Waals surface area contributed by atoms with Crippen molar-refractivity contribution >= 4 is 21.7 Å². The molecule has 0 atom stereocenters. The largest absolute Gasteiger partial charge is 0.382 e. The van der Waals surface area contributed by atoms with Gasteiger partial charge >= 0.3 is 0 Å². The van der Waals surface area contributed by atoms with E-state index in [1.54, 1.807) is 0 Å². The molecule has 0 fully saturated rings. The third-order valence-corrected chi connectivity index (χ3v) is 2.42. The van der Waals surface area contributed by atoms with Crippen LogP contribution in [-0.2, 0) is 0 Å². The topological polar surface area (TPSA) is 69.9 Å². The Balaban J connectivity index is 2.55. The molecule has 0 aliphatic heterocycles. The van der Waals surface area contributed by atoms with Crippen LogP contribution in [0.4, 0.5) is 5.82 Å². The van der Waals surface area contributed by atoms with Gasteiger partial charge in [0, 0.05) is 10.0 Å². The normalized spacial score (nSPS) is 10.4. The molecule has 2 aromatic rings. The lowest BCUT2D eigenvalue weighted by molar-refractivity contribution is 1.01. The minimum Gasteiger partial charge on any atom is -0.382 e. The molecule has 2 rings (SSSR count). The highest BCUT2D eigenvalue weighted by molar-refractivity contribution is 9.10. The van der Waals surface area contributed by atoms with Gasteiger partial charge in [-0.2, -0.15) is 0 Å². The lowest BCUT2D eigenvalue weighted by atomic mass is 10.1. The maximum Gasteiger partial charge on any atom is 0.150 e. The van der Waals surface area contributed by atoms with E-state index in [2.05, 4.69) is 20.9 Å². The summed E-state index contributed by atoms with van der Waals surface area (Å²) < 4.78 is 2.29. The lowest BCUT2D eigenvalue weighted by Crippen LogP contribution is -2.09. The van der Waals surface area contributed by atoms with Crippen LogP contribution in [0.3, 0.4) is 0 Å². The Kier molecular flexibility index (Phi) is 2.17. The van der Waals surface area contributed by atoms with Crippen molar-refractivity contribution in [1.29, 1.82) is 0 Å². The summed E-state index contributed by atoms with van der Waals surface area (Å²) in [6.07, 6.45) is 1.49. The first kappa shape index (κ1) is 9.08. The molecule has 4 N–H and O–H groups in total. The van der Waals surface area contributed by atoms with Gasteiger partial charge in [0.15, 0.2) is 0 Å². The number of nitrogens with two attached hydrogens (primary N) is 2. The summed E-state index contributed by atoms with van der Waals surface area (Å²) in [4.78, 5) is 4.12. The first-order valence-electron chi connectivity index (χ1n) is 4.02. The summed E-state index contributed by atoms with van der Waals surface area (Å²) in [7, 11) is 0. The molecule has 4 nitrogen and oxygen atoms in total. The van der Waals surface area contributed by atoms with E-state index in [-0.39, 0.29) is 0 Å². The zero-order chi connectivity index (χ0) is 10.1. The quantitative estimate of drug-likeness (QED) is 0.758. The average molecular weight is 253 g/mol. The number of nitrogen functional groups attached to an aromatic ring is 2. The Morgan fingerprint density at radius 3 is 2.71 bits per heavy atom. The molecule has 1 aromatic heterocycles. The van der Waals surface area contributed by atoms with E-state index in [1.807, 2.05) is 24.3 Å². The van der Waals surface area contributed by atoms with Crippen molar-refractivity contribution in [3.05, 3.63) is 35.1 Å². The second kappa shape index (κ2) is 3.34. The molecule has 14 heavy (non-hydrogen) atoms. The van der Waals surface area contributed by atoms with Crippen LogP contribution >= 0.6 is 15.9 Å². The minimum atomic E-state index is 0.461. The van der Waals surface area contributed by atoms with Gasteiger partial charge in [-0.05, 0) is 12.1 Å². The van der Waals surface area contributed by atoms with E-state index >= 15 is 0 Å². The van der Waals surface area contributed by atoms with E-state index in [9.17, 15) is 0 Å². The summed E-state index contributed by atoms with van der Waals surface area (Å²) in [5.74, 6) is 5.99.